The Morgan fingerprint density at radius 2 is 1.90 bits per heavy atom. The summed E-state index contributed by atoms with van der Waals surface area (Å²) in [5.74, 6) is -0.291. The first-order valence-corrected chi connectivity index (χ1v) is 7.65. The maximum Gasteiger partial charge on any atom is 0.322 e. The molecule has 0 aromatic heterocycles. The van der Waals surface area contributed by atoms with Crippen LogP contribution in [-0.4, -0.2) is 56.2 Å². The molecule has 1 atom stereocenters. The molecular weight excluding hydrogens is 266 g/mol. The molecule has 1 fully saturated rings. The first-order valence-electron chi connectivity index (χ1n) is 7.65. The van der Waals surface area contributed by atoms with Crippen molar-refractivity contribution in [2.45, 2.75) is 19.4 Å². The highest BCUT2D eigenvalue weighted by Crippen LogP contribution is 2.15. The molecule has 5 nitrogen and oxygen atoms in total. The Bertz CT molecular complexity index is 430. The van der Waals surface area contributed by atoms with Crippen LogP contribution in [0.3, 0.4) is 0 Å². The Morgan fingerprint density at radius 1 is 1.24 bits per heavy atom. The standard InChI is InChI=1S/C16H25N3O2/c1-2-21-16(20)15(17)8-9-18-10-12-19(13-11-18)14-6-4-3-5-7-14/h3-7,15H,2,8-13,17H2,1H3. The number of benzene rings is 1. The lowest BCUT2D eigenvalue weighted by Crippen LogP contribution is -2.48. The minimum atomic E-state index is -0.503. The molecule has 0 saturated carbocycles. The van der Waals surface area contributed by atoms with Gasteiger partial charge in [0.25, 0.3) is 0 Å². The van der Waals surface area contributed by atoms with Crippen molar-refractivity contribution in [3.05, 3.63) is 30.3 Å². The summed E-state index contributed by atoms with van der Waals surface area (Å²) in [5, 5.41) is 0. The number of piperazine rings is 1. The van der Waals surface area contributed by atoms with Gasteiger partial charge in [0, 0.05) is 38.4 Å². The van der Waals surface area contributed by atoms with Crippen molar-refractivity contribution in [3.63, 3.8) is 0 Å². The molecule has 1 unspecified atom stereocenters. The number of ether oxygens (including phenoxy) is 1. The maximum absolute atomic E-state index is 11.5. The van der Waals surface area contributed by atoms with Crippen LogP contribution in [-0.2, 0) is 9.53 Å². The average molecular weight is 291 g/mol. The molecule has 2 rings (SSSR count). The number of rotatable bonds is 6. The zero-order valence-corrected chi connectivity index (χ0v) is 12.7. The monoisotopic (exact) mass is 291 g/mol. The van der Waals surface area contributed by atoms with Crippen LogP contribution in [0.15, 0.2) is 30.3 Å². The number of hydrogen-bond acceptors (Lipinski definition) is 5. The lowest BCUT2D eigenvalue weighted by molar-refractivity contribution is -0.144. The van der Waals surface area contributed by atoms with Gasteiger partial charge in [-0.15, -0.1) is 0 Å². The summed E-state index contributed by atoms with van der Waals surface area (Å²) >= 11 is 0. The highest BCUT2D eigenvalue weighted by Gasteiger charge is 2.20. The second-order valence-electron chi connectivity index (χ2n) is 5.31. The van der Waals surface area contributed by atoms with Crippen molar-refractivity contribution in [1.82, 2.24) is 4.90 Å². The van der Waals surface area contributed by atoms with E-state index in [1.165, 1.54) is 5.69 Å². The Balaban J connectivity index is 1.71. The van der Waals surface area contributed by atoms with E-state index in [0.29, 0.717) is 13.0 Å². The zero-order chi connectivity index (χ0) is 15.1. The quantitative estimate of drug-likeness (QED) is 0.795. The molecule has 116 valence electrons. The summed E-state index contributed by atoms with van der Waals surface area (Å²) in [6, 6.07) is 9.96. The predicted octanol–water partition coefficient (Wildman–Crippen LogP) is 1.09. The molecule has 1 aromatic carbocycles. The van der Waals surface area contributed by atoms with E-state index in [2.05, 4.69) is 34.1 Å². The summed E-state index contributed by atoms with van der Waals surface area (Å²) in [4.78, 5) is 16.2. The highest BCUT2D eigenvalue weighted by atomic mass is 16.5. The van der Waals surface area contributed by atoms with E-state index in [1.54, 1.807) is 6.92 Å². The number of anilines is 1. The SMILES string of the molecule is CCOC(=O)C(N)CCN1CCN(c2ccccc2)CC1. The lowest BCUT2D eigenvalue weighted by Gasteiger charge is -2.36. The molecular formula is C16H25N3O2. The number of hydrogen-bond donors (Lipinski definition) is 1. The summed E-state index contributed by atoms with van der Waals surface area (Å²) in [7, 11) is 0. The van der Waals surface area contributed by atoms with Gasteiger partial charge in [0.05, 0.1) is 6.61 Å². The fraction of sp³-hybridized carbons (Fsp3) is 0.562. The number of carbonyl (C=O) groups excluding carboxylic acids is 1. The summed E-state index contributed by atoms with van der Waals surface area (Å²) in [6.07, 6.45) is 0.657. The van der Waals surface area contributed by atoms with Gasteiger partial charge in [-0.3, -0.25) is 9.69 Å². The fourth-order valence-corrected chi connectivity index (χ4v) is 2.56. The highest BCUT2D eigenvalue weighted by molar-refractivity contribution is 5.75. The smallest absolute Gasteiger partial charge is 0.322 e. The molecule has 0 spiro atoms. The van der Waals surface area contributed by atoms with Crippen molar-refractivity contribution < 1.29 is 9.53 Å². The van der Waals surface area contributed by atoms with Gasteiger partial charge in [-0.05, 0) is 25.5 Å². The molecule has 1 heterocycles. The van der Waals surface area contributed by atoms with Gasteiger partial charge in [0.15, 0.2) is 0 Å². The minimum Gasteiger partial charge on any atom is -0.465 e. The molecule has 1 saturated heterocycles. The Labute approximate surface area is 126 Å². The van der Waals surface area contributed by atoms with E-state index in [0.717, 1.165) is 32.7 Å². The summed E-state index contributed by atoms with van der Waals surface area (Å²) < 4.78 is 4.93. The second-order valence-corrected chi connectivity index (χ2v) is 5.31. The molecule has 0 amide bonds. The number of nitrogens with two attached hydrogens (primary N) is 1. The van der Waals surface area contributed by atoms with Crippen LogP contribution in [0.4, 0.5) is 5.69 Å². The van der Waals surface area contributed by atoms with E-state index in [9.17, 15) is 4.79 Å². The zero-order valence-electron chi connectivity index (χ0n) is 12.7. The third-order valence-electron chi connectivity index (χ3n) is 3.84. The minimum absolute atomic E-state index is 0.291. The molecule has 1 aliphatic rings. The van der Waals surface area contributed by atoms with Crippen molar-refractivity contribution in [2.75, 3.05) is 44.2 Å². The molecule has 0 radical (unpaired) electrons. The molecule has 2 N–H and O–H groups in total. The molecule has 0 bridgehead atoms. The van der Waals surface area contributed by atoms with Crippen LogP contribution in [0.5, 0.6) is 0 Å². The lowest BCUT2D eigenvalue weighted by atomic mass is 10.2. The van der Waals surface area contributed by atoms with E-state index in [1.807, 2.05) is 6.07 Å². The van der Waals surface area contributed by atoms with Crippen LogP contribution in [0, 0.1) is 0 Å². The molecule has 1 aromatic rings. The van der Waals surface area contributed by atoms with Crippen LogP contribution >= 0.6 is 0 Å². The largest absolute Gasteiger partial charge is 0.465 e. The number of para-hydroxylation sites is 1. The van der Waals surface area contributed by atoms with Gasteiger partial charge in [-0.2, -0.15) is 0 Å². The van der Waals surface area contributed by atoms with Crippen molar-refractivity contribution in [3.8, 4) is 0 Å². The van der Waals surface area contributed by atoms with Crippen LogP contribution in [0.1, 0.15) is 13.3 Å². The maximum atomic E-state index is 11.5. The summed E-state index contributed by atoms with van der Waals surface area (Å²) in [5.41, 5.74) is 7.11. The van der Waals surface area contributed by atoms with Gasteiger partial charge in [0.1, 0.15) is 6.04 Å². The summed E-state index contributed by atoms with van der Waals surface area (Å²) in [6.45, 7) is 7.07. The third kappa shape index (κ3) is 4.72. The average Bonchev–Trinajstić information content (AvgIpc) is 2.54. The molecule has 1 aliphatic heterocycles. The number of nitrogens with zero attached hydrogens (tertiary/aromatic N) is 2. The first-order chi connectivity index (χ1) is 10.2. The van der Waals surface area contributed by atoms with Crippen LogP contribution in [0.2, 0.25) is 0 Å². The fourth-order valence-electron chi connectivity index (χ4n) is 2.56. The van der Waals surface area contributed by atoms with Crippen LogP contribution in [0.25, 0.3) is 0 Å². The Hall–Kier alpha value is -1.59. The van der Waals surface area contributed by atoms with Crippen molar-refractivity contribution in [1.29, 1.82) is 0 Å². The van der Waals surface area contributed by atoms with E-state index >= 15 is 0 Å². The first kappa shape index (κ1) is 15.8. The molecule has 0 aliphatic carbocycles. The normalized spacial score (nSPS) is 17.5. The van der Waals surface area contributed by atoms with E-state index < -0.39 is 6.04 Å². The van der Waals surface area contributed by atoms with Gasteiger partial charge in [-0.25, -0.2) is 0 Å². The second kappa shape index (κ2) is 8.00. The topological polar surface area (TPSA) is 58.8 Å². The Morgan fingerprint density at radius 3 is 2.52 bits per heavy atom. The van der Waals surface area contributed by atoms with Gasteiger partial charge in [0.2, 0.25) is 0 Å². The van der Waals surface area contributed by atoms with E-state index in [4.69, 9.17) is 10.5 Å². The van der Waals surface area contributed by atoms with Crippen molar-refractivity contribution in [2.24, 2.45) is 5.73 Å². The van der Waals surface area contributed by atoms with Crippen molar-refractivity contribution >= 4 is 11.7 Å². The van der Waals surface area contributed by atoms with Crippen LogP contribution < -0.4 is 10.6 Å². The molecule has 21 heavy (non-hydrogen) atoms. The number of carbonyl (C=O) groups is 1. The van der Waals surface area contributed by atoms with Gasteiger partial charge >= 0.3 is 5.97 Å². The van der Waals surface area contributed by atoms with E-state index in [-0.39, 0.29) is 5.97 Å². The van der Waals surface area contributed by atoms with Gasteiger partial charge in [-0.1, -0.05) is 18.2 Å². The van der Waals surface area contributed by atoms with Gasteiger partial charge < -0.3 is 15.4 Å². The molecule has 5 heteroatoms. The Kier molecular flexibility index (Phi) is 6.02. The number of esters is 1. The third-order valence-corrected chi connectivity index (χ3v) is 3.84. The predicted molar refractivity (Wildman–Crippen MR) is 84.3 cm³/mol.